The first-order valence-corrected chi connectivity index (χ1v) is 6.52. The van der Waals surface area contributed by atoms with Gasteiger partial charge in [-0.05, 0) is 41.4 Å². The Morgan fingerprint density at radius 3 is 2.33 bits per heavy atom. The summed E-state index contributed by atoms with van der Waals surface area (Å²) in [7, 11) is 1.69. The van der Waals surface area contributed by atoms with E-state index in [1.54, 1.807) is 7.11 Å². The Morgan fingerprint density at radius 2 is 1.78 bits per heavy atom. The second-order valence-corrected chi connectivity index (χ2v) is 6.69. The number of hydrogen-bond donors (Lipinski definition) is 1. The minimum Gasteiger partial charge on any atom is -0.497 e. The summed E-state index contributed by atoms with van der Waals surface area (Å²) < 4.78 is 5.25. The van der Waals surface area contributed by atoms with E-state index < -0.39 is 0 Å². The zero-order valence-electron chi connectivity index (χ0n) is 12.3. The van der Waals surface area contributed by atoms with Gasteiger partial charge in [0.15, 0.2) is 0 Å². The quantitative estimate of drug-likeness (QED) is 0.834. The molecule has 0 fully saturated rings. The lowest BCUT2D eigenvalue weighted by Gasteiger charge is -2.34. The molecule has 0 atom stereocenters. The Bertz CT molecular complexity index is 380. The van der Waals surface area contributed by atoms with Gasteiger partial charge in [-0.3, -0.25) is 0 Å². The van der Waals surface area contributed by atoms with Crippen LogP contribution in [-0.4, -0.2) is 18.8 Å². The third-order valence-electron chi connectivity index (χ3n) is 3.20. The van der Waals surface area contributed by atoms with Crippen LogP contribution < -0.4 is 4.74 Å². The molecule has 0 bridgehead atoms. The molecule has 1 rings (SSSR count). The summed E-state index contributed by atoms with van der Waals surface area (Å²) in [5, 5.41) is 9.39. The first-order valence-electron chi connectivity index (χ1n) is 6.52. The number of hydrogen-bond acceptors (Lipinski definition) is 2. The van der Waals surface area contributed by atoms with Crippen molar-refractivity contribution >= 4 is 0 Å². The number of rotatable bonds is 6. The van der Waals surface area contributed by atoms with E-state index in [-0.39, 0.29) is 17.4 Å². The van der Waals surface area contributed by atoms with Gasteiger partial charge in [-0.25, -0.2) is 0 Å². The molecule has 1 aromatic rings. The highest BCUT2D eigenvalue weighted by molar-refractivity contribution is 5.29. The van der Waals surface area contributed by atoms with Gasteiger partial charge < -0.3 is 9.84 Å². The van der Waals surface area contributed by atoms with E-state index in [2.05, 4.69) is 39.8 Å². The summed E-state index contributed by atoms with van der Waals surface area (Å²) in [6, 6.07) is 8.22. The van der Waals surface area contributed by atoms with Crippen LogP contribution >= 0.6 is 0 Å². The Labute approximate surface area is 111 Å². The molecular weight excluding hydrogens is 224 g/mol. The topological polar surface area (TPSA) is 29.5 Å². The lowest BCUT2D eigenvalue weighted by molar-refractivity contribution is 0.103. The minimum atomic E-state index is -0.0254. The number of ether oxygens (including phenoxy) is 1. The lowest BCUT2D eigenvalue weighted by atomic mass is 9.72. The number of aliphatic hydroxyl groups excluding tert-OH is 1. The summed E-state index contributed by atoms with van der Waals surface area (Å²) in [5.41, 5.74) is 1.43. The van der Waals surface area contributed by atoms with Crippen LogP contribution in [0.1, 0.15) is 39.7 Å². The fourth-order valence-electron chi connectivity index (χ4n) is 2.75. The van der Waals surface area contributed by atoms with Gasteiger partial charge in [0.25, 0.3) is 0 Å². The molecule has 18 heavy (non-hydrogen) atoms. The minimum absolute atomic E-state index is 0.0254. The van der Waals surface area contributed by atoms with Crippen LogP contribution in [0.3, 0.4) is 0 Å². The van der Waals surface area contributed by atoms with E-state index >= 15 is 0 Å². The first kappa shape index (κ1) is 15.0. The summed E-state index contributed by atoms with van der Waals surface area (Å²) in [5.74, 6) is 0.907. The molecular formula is C16H26O2. The molecule has 1 aromatic carbocycles. The number of methoxy groups -OCH3 is 1. The molecule has 0 unspecified atom stereocenters. The molecule has 1 N–H and O–H groups in total. The van der Waals surface area contributed by atoms with Gasteiger partial charge in [0, 0.05) is 6.61 Å². The molecule has 0 saturated carbocycles. The van der Waals surface area contributed by atoms with Gasteiger partial charge in [0.05, 0.1) is 7.11 Å². The highest BCUT2D eigenvalue weighted by Crippen LogP contribution is 2.36. The van der Waals surface area contributed by atoms with Crippen molar-refractivity contribution in [3.05, 3.63) is 29.8 Å². The molecule has 0 amide bonds. The van der Waals surface area contributed by atoms with Crippen molar-refractivity contribution in [2.45, 2.75) is 40.5 Å². The maximum Gasteiger partial charge on any atom is 0.119 e. The summed E-state index contributed by atoms with van der Waals surface area (Å²) >= 11 is 0. The SMILES string of the molecule is COc1cccc(CC(C)(C)CC(C)(C)CO)c1. The number of aliphatic hydroxyl groups is 1. The van der Waals surface area contributed by atoms with Gasteiger partial charge in [-0.2, -0.15) is 0 Å². The van der Waals surface area contributed by atoms with Crippen molar-refractivity contribution in [1.82, 2.24) is 0 Å². The second kappa shape index (κ2) is 5.75. The Morgan fingerprint density at radius 1 is 1.11 bits per heavy atom. The van der Waals surface area contributed by atoms with Crippen LogP contribution in [0.15, 0.2) is 24.3 Å². The summed E-state index contributed by atoms with van der Waals surface area (Å²) in [6.07, 6.45) is 1.99. The molecule has 0 aliphatic carbocycles. The lowest BCUT2D eigenvalue weighted by Crippen LogP contribution is -2.27. The summed E-state index contributed by atoms with van der Waals surface area (Å²) in [4.78, 5) is 0. The van der Waals surface area contributed by atoms with Crippen molar-refractivity contribution < 1.29 is 9.84 Å². The smallest absolute Gasteiger partial charge is 0.119 e. The molecule has 0 heterocycles. The summed E-state index contributed by atoms with van der Waals surface area (Å²) in [6.45, 7) is 8.96. The maximum absolute atomic E-state index is 9.39. The maximum atomic E-state index is 9.39. The molecule has 102 valence electrons. The van der Waals surface area contributed by atoms with Gasteiger partial charge in [-0.15, -0.1) is 0 Å². The van der Waals surface area contributed by atoms with Gasteiger partial charge >= 0.3 is 0 Å². The van der Waals surface area contributed by atoms with Crippen LogP contribution in [0.25, 0.3) is 0 Å². The van der Waals surface area contributed by atoms with Crippen LogP contribution in [0.5, 0.6) is 5.75 Å². The van der Waals surface area contributed by atoms with E-state index in [4.69, 9.17) is 4.74 Å². The van der Waals surface area contributed by atoms with Crippen LogP contribution in [0.4, 0.5) is 0 Å². The van der Waals surface area contributed by atoms with Crippen LogP contribution in [0.2, 0.25) is 0 Å². The van der Waals surface area contributed by atoms with Gasteiger partial charge in [0.1, 0.15) is 5.75 Å². The molecule has 0 aliphatic heterocycles. The van der Waals surface area contributed by atoms with E-state index in [0.717, 1.165) is 18.6 Å². The zero-order valence-corrected chi connectivity index (χ0v) is 12.3. The van der Waals surface area contributed by atoms with Crippen molar-refractivity contribution in [3.63, 3.8) is 0 Å². The fourth-order valence-corrected chi connectivity index (χ4v) is 2.75. The molecule has 2 heteroatoms. The van der Waals surface area contributed by atoms with E-state index in [1.165, 1.54) is 5.56 Å². The largest absolute Gasteiger partial charge is 0.497 e. The monoisotopic (exact) mass is 250 g/mol. The zero-order chi connectivity index (χ0) is 13.8. The average Bonchev–Trinajstić information content (AvgIpc) is 2.27. The molecule has 0 spiro atoms. The van der Waals surface area contributed by atoms with Crippen molar-refractivity contribution in [3.8, 4) is 5.75 Å². The predicted molar refractivity (Wildman–Crippen MR) is 76.0 cm³/mol. The highest BCUT2D eigenvalue weighted by Gasteiger charge is 2.28. The fraction of sp³-hybridized carbons (Fsp3) is 0.625. The second-order valence-electron chi connectivity index (χ2n) is 6.69. The van der Waals surface area contributed by atoms with Crippen molar-refractivity contribution in [1.29, 1.82) is 0 Å². The third kappa shape index (κ3) is 4.69. The normalized spacial score (nSPS) is 12.6. The van der Waals surface area contributed by atoms with E-state index in [0.29, 0.717) is 0 Å². The molecule has 0 saturated heterocycles. The van der Waals surface area contributed by atoms with Crippen LogP contribution in [-0.2, 0) is 6.42 Å². The van der Waals surface area contributed by atoms with Gasteiger partial charge in [-0.1, -0.05) is 39.8 Å². The average molecular weight is 250 g/mol. The highest BCUT2D eigenvalue weighted by atomic mass is 16.5. The number of benzene rings is 1. The van der Waals surface area contributed by atoms with E-state index in [1.807, 2.05) is 12.1 Å². The van der Waals surface area contributed by atoms with Crippen LogP contribution in [0, 0.1) is 10.8 Å². The standard InChI is InChI=1S/C16H26O2/c1-15(2,11-16(3,4)12-17)10-13-7-6-8-14(9-13)18-5/h6-9,17H,10-12H2,1-5H3. The van der Waals surface area contributed by atoms with Crippen molar-refractivity contribution in [2.75, 3.05) is 13.7 Å². The molecule has 0 radical (unpaired) electrons. The molecule has 2 nitrogen and oxygen atoms in total. The Hall–Kier alpha value is -1.02. The molecule has 0 aliphatic rings. The first-order chi connectivity index (χ1) is 8.28. The molecule has 0 aromatic heterocycles. The Kier molecular flexibility index (Phi) is 4.80. The van der Waals surface area contributed by atoms with Crippen molar-refractivity contribution in [2.24, 2.45) is 10.8 Å². The predicted octanol–water partition coefficient (Wildman–Crippen LogP) is 3.67. The van der Waals surface area contributed by atoms with Gasteiger partial charge in [0.2, 0.25) is 0 Å². The Balaban J connectivity index is 2.75. The third-order valence-corrected chi connectivity index (χ3v) is 3.20. The van der Waals surface area contributed by atoms with E-state index in [9.17, 15) is 5.11 Å².